The Morgan fingerprint density at radius 3 is 2.76 bits per heavy atom. The second-order valence-corrected chi connectivity index (χ2v) is 4.66. The van der Waals surface area contributed by atoms with E-state index in [0.717, 1.165) is 17.0 Å². The summed E-state index contributed by atoms with van der Waals surface area (Å²) in [5.41, 5.74) is 5.21. The van der Waals surface area contributed by atoms with Gasteiger partial charge in [-0.2, -0.15) is 11.8 Å². The van der Waals surface area contributed by atoms with Crippen LogP contribution in [-0.4, -0.2) is 9.97 Å². The maximum atomic E-state index is 4.23. The van der Waals surface area contributed by atoms with E-state index in [9.17, 15) is 0 Å². The fraction of sp³-hybridized carbons (Fsp3) is 0.118. The second-order valence-electron chi connectivity index (χ2n) is 4.66. The van der Waals surface area contributed by atoms with Gasteiger partial charge in [0, 0.05) is 44.8 Å². The molecule has 0 N–H and O–H groups in total. The number of benzene rings is 1. The average molecular weight is 349 g/mol. The first kappa shape index (κ1) is 15.9. The maximum Gasteiger partial charge on any atom is 0.192 e. The molecule has 1 aromatic carbocycles. The summed E-state index contributed by atoms with van der Waals surface area (Å²) in [6.45, 7) is 2.09. The smallest absolute Gasteiger partial charge is 0.192 e. The largest absolute Gasteiger partial charge is 0.325 e. The SMILES string of the molecule is Cc1c[c-]c(-c2[c-]cncn2)cc1-c1cccc[n+]1C.[Y]. The van der Waals surface area contributed by atoms with E-state index in [1.54, 1.807) is 6.20 Å². The summed E-state index contributed by atoms with van der Waals surface area (Å²) in [5, 5.41) is 0. The van der Waals surface area contributed by atoms with Gasteiger partial charge in [-0.25, -0.2) is 16.7 Å². The van der Waals surface area contributed by atoms with Crippen molar-refractivity contribution in [2.24, 2.45) is 7.05 Å². The number of aryl methyl sites for hydroxylation is 2. The van der Waals surface area contributed by atoms with Crippen molar-refractivity contribution in [3.63, 3.8) is 0 Å². The van der Waals surface area contributed by atoms with Gasteiger partial charge in [-0.15, -0.1) is 5.56 Å². The molecule has 3 rings (SSSR count). The van der Waals surface area contributed by atoms with Crippen molar-refractivity contribution in [1.29, 1.82) is 0 Å². The zero-order chi connectivity index (χ0) is 13.9. The van der Waals surface area contributed by atoms with Crippen LogP contribution in [0.25, 0.3) is 22.5 Å². The van der Waals surface area contributed by atoms with Gasteiger partial charge in [-0.3, -0.25) is 16.6 Å². The van der Waals surface area contributed by atoms with Crippen LogP contribution in [0.2, 0.25) is 0 Å². The summed E-state index contributed by atoms with van der Waals surface area (Å²) in [6, 6.07) is 16.6. The van der Waals surface area contributed by atoms with Crippen LogP contribution < -0.4 is 4.57 Å². The topological polar surface area (TPSA) is 29.7 Å². The minimum Gasteiger partial charge on any atom is -0.325 e. The molecule has 3 aromatic rings. The minimum atomic E-state index is 0. The third kappa shape index (κ3) is 3.42. The summed E-state index contributed by atoms with van der Waals surface area (Å²) in [5.74, 6) is 0. The maximum absolute atomic E-state index is 4.23. The van der Waals surface area contributed by atoms with Crippen molar-refractivity contribution in [2.45, 2.75) is 6.92 Å². The van der Waals surface area contributed by atoms with Crippen molar-refractivity contribution < 1.29 is 37.3 Å². The second kappa shape index (κ2) is 7.01. The summed E-state index contributed by atoms with van der Waals surface area (Å²) in [7, 11) is 2.04. The van der Waals surface area contributed by atoms with E-state index in [2.05, 4.69) is 45.7 Å². The van der Waals surface area contributed by atoms with E-state index in [0.29, 0.717) is 0 Å². The van der Waals surface area contributed by atoms with Crippen molar-refractivity contribution in [3.05, 3.63) is 66.7 Å². The summed E-state index contributed by atoms with van der Waals surface area (Å²) < 4.78 is 2.11. The molecule has 21 heavy (non-hydrogen) atoms. The van der Waals surface area contributed by atoms with Crippen LogP contribution in [0.15, 0.2) is 49.1 Å². The van der Waals surface area contributed by atoms with Gasteiger partial charge in [-0.1, -0.05) is 18.7 Å². The molecule has 0 saturated carbocycles. The molecule has 101 valence electrons. The van der Waals surface area contributed by atoms with E-state index in [-0.39, 0.29) is 32.7 Å². The van der Waals surface area contributed by atoms with E-state index in [1.807, 2.05) is 31.4 Å². The fourth-order valence-electron chi connectivity index (χ4n) is 2.19. The van der Waals surface area contributed by atoms with Crippen molar-refractivity contribution in [1.82, 2.24) is 9.97 Å². The first-order chi connectivity index (χ1) is 9.75. The first-order valence-corrected chi connectivity index (χ1v) is 6.41. The van der Waals surface area contributed by atoms with Gasteiger partial charge in [0.1, 0.15) is 13.4 Å². The molecule has 0 saturated heterocycles. The zero-order valence-corrected chi connectivity index (χ0v) is 14.9. The molecule has 0 amide bonds. The normalized spacial score (nSPS) is 10.0. The van der Waals surface area contributed by atoms with Gasteiger partial charge in [0.2, 0.25) is 0 Å². The molecule has 0 atom stereocenters. The van der Waals surface area contributed by atoms with E-state index >= 15 is 0 Å². The molecular formula is C17H14N3Y-. The first-order valence-electron chi connectivity index (χ1n) is 6.41. The minimum absolute atomic E-state index is 0. The van der Waals surface area contributed by atoms with Crippen LogP contribution in [0.4, 0.5) is 0 Å². The predicted octanol–water partition coefficient (Wildman–Crippen LogP) is 2.54. The van der Waals surface area contributed by atoms with Gasteiger partial charge < -0.3 is 4.98 Å². The number of hydrogen-bond donors (Lipinski definition) is 0. The molecule has 2 heterocycles. The third-order valence-electron chi connectivity index (χ3n) is 3.27. The summed E-state index contributed by atoms with van der Waals surface area (Å²) in [6.07, 6.45) is 5.20. The molecule has 1 radical (unpaired) electrons. The van der Waals surface area contributed by atoms with Crippen LogP contribution in [0.1, 0.15) is 5.56 Å². The summed E-state index contributed by atoms with van der Waals surface area (Å²) in [4.78, 5) is 8.13. The molecule has 0 spiro atoms. The van der Waals surface area contributed by atoms with Crippen LogP contribution >= 0.6 is 0 Å². The van der Waals surface area contributed by atoms with E-state index < -0.39 is 0 Å². The van der Waals surface area contributed by atoms with Crippen molar-refractivity contribution in [2.75, 3.05) is 0 Å². The molecule has 0 unspecified atom stereocenters. The number of pyridine rings is 1. The molecule has 0 aliphatic rings. The third-order valence-corrected chi connectivity index (χ3v) is 3.27. The monoisotopic (exact) mass is 349 g/mol. The Labute approximate surface area is 150 Å². The van der Waals surface area contributed by atoms with Crippen LogP contribution in [-0.2, 0) is 39.8 Å². The van der Waals surface area contributed by atoms with Crippen LogP contribution in [0.3, 0.4) is 0 Å². The van der Waals surface area contributed by atoms with Crippen LogP contribution in [0.5, 0.6) is 0 Å². The quantitative estimate of drug-likeness (QED) is 0.526. The van der Waals surface area contributed by atoms with Gasteiger partial charge in [-0.05, 0) is 6.07 Å². The number of aromatic nitrogens is 3. The number of hydrogen-bond acceptors (Lipinski definition) is 2. The Morgan fingerprint density at radius 1 is 1.19 bits per heavy atom. The van der Waals surface area contributed by atoms with Crippen molar-refractivity contribution >= 4 is 0 Å². The Morgan fingerprint density at radius 2 is 2.05 bits per heavy atom. The van der Waals surface area contributed by atoms with Gasteiger partial charge in [0.05, 0.1) is 0 Å². The van der Waals surface area contributed by atoms with E-state index in [1.165, 1.54) is 17.5 Å². The Balaban J connectivity index is 0.00000161. The molecule has 0 aliphatic heterocycles. The van der Waals surface area contributed by atoms with Crippen LogP contribution in [0, 0.1) is 19.1 Å². The number of nitrogens with zero attached hydrogens (tertiary/aromatic N) is 3. The Hall–Kier alpha value is -1.45. The fourth-order valence-corrected chi connectivity index (χ4v) is 2.19. The van der Waals surface area contributed by atoms with Gasteiger partial charge >= 0.3 is 0 Å². The Kier molecular flexibility index (Phi) is 5.32. The van der Waals surface area contributed by atoms with Crippen molar-refractivity contribution in [3.8, 4) is 22.5 Å². The molecule has 3 nitrogen and oxygen atoms in total. The average Bonchev–Trinajstić information content (AvgIpc) is 2.49. The molecule has 4 heteroatoms. The Bertz CT molecular complexity index is 742. The molecule has 2 aromatic heterocycles. The summed E-state index contributed by atoms with van der Waals surface area (Å²) >= 11 is 0. The van der Waals surface area contributed by atoms with E-state index in [4.69, 9.17) is 0 Å². The van der Waals surface area contributed by atoms with Gasteiger partial charge in [0.15, 0.2) is 11.9 Å². The zero-order valence-electron chi connectivity index (χ0n) is 12.0. The standard InChI is InChI=1S/C17H14N3.Y/c1-13-6-7-14(16-8-9-18-12-19-16)11-15(13)17-5-3-4-10-20(17)2;/h3-6,9-12H,1-2H3;/q-1;. The van der Waals surface area contributed by atoms with Gasteiger partial charge in [0.25, 0.3) is 0 Å². The number of rotatable bonds is 2. The predicted molar refractivity (Wildman–Crippen MR) is 76.5 cm³/mol. The molecular weight excluding hydrogens is 335 g/mol. The molecule has 0 aliphatic carbocycles. The molecule has 0 bridgehead atoms. The molecule has 0 fully saturated rings.